The van der Waals surface area contributed by atoms with Crippen molar-refractivity contribution in [3.05, 3.63) is 51.4 Å². The Morgan fingerprint density at radius 1 is 1.21 bits per heavy atom. The topological polar surface area (TPSA) is 42.2 Å². The van der Waals surface area contributed by atoms with Gasteiger partial charge in [0.25, 0.3) is 0 Å². The molecule has 4 nitrogen and oxygen atoms in total. The monoisotopic (exact) mass is 356 g/mol. The van der Waals surface area contributed by atoms with Crippen molar-refractivity contribution in [2.24, 2.45) is 0 Å². The van der Waals surface area contributed by atoms with Crippen LogP contribution in [0.3, 0.4) is 0 Å². The van der Waals surface area contributed by atoms with E-state index in [0.29, 0.717) is 20.5 Å². The average molecular weight is 358 g/mol. The molecule has 0 fully saturated rings. The zero-order chi connectivity index (χ0) is 13.4. The van der Waals surface area contributed by atoms with Gasteiger partial charge in [0, 0.05) is 24.3 Å². The fraction of sp³-hybridized carbons (Fsp3) is 0. The number of nitrogens with one attached hydrogen (secondary N) is 1. The molecule has 3 aromatic rings. The Kier molecular flexibility index (Phi) is 3.35. The van der Waals surface area contributed by atoms with Crippen molar-refractivity contribution in [2.45, 2.75) is 0 Å². The number of rotatable bonds is 2. The minimum absolute atomic E-state index is 0.487. The summed E-state index contributed by atoms with van der Waals surface area (Å²) in [5.41, 5.74) is 1.53. The summed E-state index contributed by atoms with van der Waals surface area (Å²) in [6.45, 7) is 0. The van der Waals surface area contributed by atoms with Crippen LogP contribution < -0.4 is 5.32 Å². The zero-order valence-corrected chi connectivity index (χ0v) is 12.5. The largest absolute Gasteiger partial charge is 0.337 e. The maximum absolute atomic E-state index is 5.99. The van der Waals surface area contributed by atoms with Crippen LogP contribution >= 0.6 is 39.1 Å². The molecule has 0 radical (unpaired) electrons. The van der Waals surface area contributed by atoms with Crippen molar-refractivity contribution in [3.8, 4) is 0 Å². The highest BCUT2D eigenvalue weighted by Crippen LogP contribution is 2.27. The van der Waals surface area contributed by atoms with E-state index < -0.39 is 0 Å². The molecule has 0 spiro atoms. The number of halogens is 3. The first-order valence-corrected chi connectivity index (χ1v) is 6.89. The molecule has 3 rings (SSSR count). The quantitative estimate of drug-likeness (QED) is 0.731. The molecule has 0 amide bonds. The summed E-state index contributed by atoms with van der Waals surface area (Å²) < 4.78 is 2.58. The van der Waals surface area contributed by atoms with Gasteiger partial charge in [-0.3, -0.25) is 0 Å². The average Bonchev–Trinajstić information content (AvgIpc) is 2.82. The van der Waals surface area contributed by atoms with Crippen molar-refractivity contribution in [1.82, 2.24) is 14.4 Å². The Morgan fingerprint density at radius 3 is 2.84 bits per heavy atom. The Balaban J connectivity index is 2.04. The first kappa shape index (κ1) is 12.7. The van der Waals surface area contributed by atoms with Crippen LogP contribution in [0.2, 0.25) is 10.0 Å². The summed E-state index contributed by atoms with van der Waals surface area (Å²) in [7, 11) is 0. The van der Waals surface area contributed by atoms with Crippen LogP contribution in [0.4, 0.5) is 11.5 Å². The van der Waals surface area contributed by atoms with Crippen molar-refractivity contribution in [1.29, 1.82) is 0 Å². The number of hydrogen-bond acceptors (Lipinski definition) is 3. The van der Waals surface area contributed by atoms with Crippen LogP contribution in [-0.2, 0) is 0 Å². The van der Waals surface area contributed by atoms with E-state index in [1.807, 2.05) is 22.9 Å². The molecule has 0 aliphatic carbocycles. The summed E-state index contributed by atoms with van der Waals surface area (Å²) in [4.78, 5) is 8.62. The number of imidazole rings is 1. The number of hydrogen-bond donors (Lipinski definition) is 1. The predicted octanol–water partition coefficient (Wildman–Crippen LogP) is 4.54. The van der Waals surface area contributed by atoms with Gasteiger partial charge in [0.15, 0.2) is 11.5 Å². The maximum Gasteiger partial charge on any atom is 0.180 e. The van der Waals surface area contributed by atoms with E-state index in [1.54, 1.807) is 18.3 Å². The summed E-state index contributed by atoms with van der Waals surface area (Å²) in [5.74, 6) is 0.637. The van der Waals surface area contributed by atoms with Gasteiger partial charge < -0.3 is 9.72 Å². The molecule has 0 unspecified atom stereocenters. The second-order valence-corrected chi connectivity index (χ2v) is 5.45. The number of nitrogens with zero attached hydrogens (tertiary/aromatic N) is 3. The highest BCUT2D eigenvalue weighted by Gasteiger charge is 2.07. The minimum atomic E-state index is 0.487. The van der Waals surface area contributed by atoms with Crippen LogP contribution in [-0.4, -0.2) is 14.4 Å². The fourth-order valence-corrected chi connectivity index (χ4v) is 2.39. The van der Waals surface area contributed by atoms with Crippen LogP contribution in [0.25, 0.3) is 5.65 Å². The van der Waals surface area contributed by atoms with Gasteiger partial charge in [-0.05, 0) is 34.1 Å². The van der Waals surface area contributed by atoms with E-state index in [-0.39, 0.29) is 0 Å². The van der Waals surface area contributed by atoms with Gasteiger partial charge in [-0.2, -0.15) is 0 Å². The molecule has 7 heteroatoms. The summed E-state index contributed by atoms with van der Waals surface area (Å²) >= 11 is 15.2. The lowest BCUT2D eigenvalue weighted by Gasteiger charge is -2.08. The predicted molar refractivity (Wildman–Crippen MR) is 80.4 cm³/mol. The number of anilines is 2. The Hall–Kier alpha value is -1.30. The highest BCUT2D eigenvalue weighted by atomic mass is 79.9. The van der Waals surface area contributed by atoms with Gasteiger partial charge >= 0.3 is 0 Å². The van der Waals surface area contributed by atoms with Gasteiger partial charge in [0.2, 0.25) is 0 Å². The highest BCUT2D eigenvalue weighted by molar-refractivity contribution is 9.10. The molecule has 2 aromatic heterocycles. The van der Waals surface area contributed by atoms with Crippen molar-refractivity contribution >= 4 is 56.3 Å². The van der Waals surface area contributed by atoms with E-state index >= 15 is 0 Å². The minimum Gasteiger partial charge on any atom is -0.337 e. The van der Waals surface area contributed by atoms with Crippen LogP contribution in [0, 0.1) is 0 Å². The third kappa shape index (κ3) is 2.54. The molecule has 19 heavy (non-hydrogen) atoms. The van der Waals surface area contributed by atoms with Crippen LogP contribution in [0.15, 0.2) is 41.4 Å². The summed E-state index contributed by atoms with van der Waals surface area (Å²) in [5, 5.41) is 4.18. The van der Waals surface area contributed by atoms with Gasteiger partial charge in [-0.25, -0.2) is 9.97 Å². The molecule has 0 bridgehead atoms. The van der Waals surface area contributed by atoms with Crippen molar-refractivity contribution < 1.29 is 0 Å². The maximum atomic E-state index is 5.99. The second-order valence-electron chi connectivity index (χ2n) is 3.82. The number of benzene rings is 1. The third-order valence-electron chi connectivity index (χ3n) is 2.53. The van der Waals surface area contributed by atoms with E-state index in [4.69, 9.17) is 23.2 Å². The van der Waals surface area contributed by atoms with Gasteiger partial charge in [-0.15, -0.1) is 0 Å². The number of fused-ring (bicyclic) bond motifs is 1. The molecule has 0 aliphatic rings. The molecule has 96 valence electrons. The summed E-state index contributed by atoms with van der Waals surface area (Å²) in [6.07, 6.45) is 5.40. The number of aromatic nitrogens is 3. The summed E-state index contributed by atoms with van der Waals surface area (Å²) in [6, 6.07) is 5.30. The van der Waals surface area contributed by atoms with Crippen LogP contribution in [0.1, 0.15) is 0 Å². The molecule has 0 aliphatic heterocycles. The Labute approximate surface area is 127 Å². The normalized spacial score (nSPS) is 10.9. The van der Waals surface area contributed by atoms with Crippen molar-refractivity contribution in [3.63, 3.8) is 0 Å². The van der Waals surface area contributed by atoms with E-state index in [0.717, 1.165) is 11.3 Å². The molecular formula is C12H7BrCl2N4. The smallest absolute Gasteiger partial charge is 0.180 e. The first-order chi connectivity index (χ1) is 9.13. The second kappa shape index (κ2) is 5.00. The fourth-order valence-electron chi connectivity index (χ4n) is 1.70. The third-order valence-corrected chi connectivity index (χ3v) is 3.65. The SMILES string of the molecule is Clc1ccc(Nc2nc(Br)cn3ccnc23)cc1Cl. The van der Waals surface area contributed by atoms with Crippen LogP contribution in [0.5, 0.6) is 0 Å². The van der Waals surface area contributed by atoms with E-state index in [9.17, 15) is 0 Å². The molecular weight excluding hydrogens is 351 g/mol. The molecule has 2 heterocycles. The Morgan fingerprint density at radius 2 is 2.05 bits per heavy atom. The molecule has 1 N–H and O–H groups in total. The first-order valence-electron chi connectivity index (χ1n) is 5.35. The van der Waals surface area contributed by atoms with Gasteiger partial charge in [0.1, 0.15) is 4.60 Å². The molecule has 0 atom stereocenters. The lowest BCUT2D eigenvalue weighted by molar-refractivity contribution is 1.10. The van der Waals surface area contributed by atoms with E-state index in [1.165, 1.54) is 0 Å². The molecule has 0 saturated heterocycles. The van der Waals surface area contributed by atoms with Gasteiger partial charge in [0.05, 0.1) is 10.0 Å². The standard InChI is InChI=1S/C12H7BrCl2N4/c13-10-6-19-4-3-16-12(19)11(18-10)17-7-1-2-8(14)9(15)5-7/h1-6H,(H,17,18). The lowest BCUT2D eigenvalue weighted by atomic mass is 10.3. The molecule has 0 saturated carbocycles. The van der Waals surface area contributed by atoms with E-state index in [2.05, 4.69) is 31.2 Å². The Bertz CT molecular complexity index is 757. The lowest BCUT2D eigenvalue weighted by Crippen LogP contribution is -1.98. The molecule has 1 aromatic carbocycles. The zero-order valence-electron chi connectivity index (χ0n) is 9.44. The van der Waals surface area contributed by atoms with Crippen molar-refractivity contribution in [2.75, 3.05) is 5.32 Å². The van der Waals surface area contributed by atoms with Gasteiger partial charge in [-0.1, -0.05) is 23.2 Å².